The first-order valence-corrected chi connectivity index (χ1v) is 6.11. The third-order valence-corrected chi connectivity index (χ3v) is 3.17. The lowest BCUT2D eigenvalue weighted by Crippen LogP contribution is -2.37. The first kappa shape index (κ1) is 11.9. The quantitative estimate of drug-likeness (QED) is 0.854. The molecule has 2 rings (SSSR count). The fourth-order valence-corrected chi connectivity index (χ4v) is 2.27. The van der Waals surface area contributed by atoms with Crippen molar-refractivity contribution in [3.63, 3.8) is 0 Å². The monoisotopic (exact) mass is 234 g/mol. The van der Waals surface area contributed by atoms with Crippen molar-refractivity contribution in [2.24, 2.45) is 0 Å². The van der Waals surface area contributed by atoms with Crippen molar-refractivity contribution >= 4 is 5.91 Å². The molecule has 0 radical (unpaired) electrons. The minimum Gasteiger partial charge on any atom is -0.352 e. The van der Waals surface area contributed by atoms with Crippen LogP contribution in [-0.2, 0) is 11.3 Å². The molecule has 0 spiro atoms. The maximum Gasteiger partial charge on any atom is 0.251 e. The number of aryl methyl sites for hydroxylation is 1. The number of nitrogens with zero attached hydrogens (tertiary/aromatic N) is 1. The molecule has 1 aromatic heterocycles. The summed E-state index contributed by atoms with van der Waals surface area (Å²) in [6.45, 7) is 2.03. The van der Waals surface area contributed by atoms with Gasteiger partial charge >= 0.3 is 0 Å². The third kappa shape index (κ3) is 3.19. The van der Waals surface area contributed by atoms with E-state index in [0.29, 0.717) is 6.04 Å². The van der Waals surface area contributed by atoms with Crippen LogP contribution >= 0.6 is 0 Å². The number of carbonyl (C=O) groups excluding carboxylic acids is 1. The van der Waals surface area contributed by atoms with Gasteiger partial charge in [0.15, 0.2) is 0 Å². The summed E-state index contributed by atoms with van der Waals surface area (Å²) in [5.74, 6) is -0.0652. The van der Waals surface area contributed by atoms with Crippen LogP contribution in [0.4, 0.5) is 0 Å². The molecule has 17 heavy (non-hydrogen) atoms. The number of nitrogens with one attached hydrogen (secondary N) is 1. The molecule has 1 amide bonds. The molecule has 1 saturated carbocycles. The summed E-state index contributed by atoms with van der Waals surface area (Å²) in [5, 5.41) is 2.98. The maximum atomic E-state index is 11.8. The summed E-state index contributed by atoms with van der Waals surface area (Å²) in [6, 6.07) is 3.56. The lowest BCUT2D eigenvalue weighted by Gasteiger charge is -2.12. The van der Waals surface area contributed by atoms with Gasteiger partial charge in [-0.25, -0.2) is 0 Å². The third-order valence-electron chi connectivity index (χ3n) is 3.17. The van der Waals surface area contributed by atoms with Crippen molar-refractivity contribution in [2.75, 3.05) is 0 Å². The molecule has 1 fully saturated rings. The van der Waals surface area contributed by atoms with E-state index in [2.05, 4.69) is 5.32 Å². The zero-order valence-corrected chi connectivity index (χ0v) is 10.1. The summed E-state index contributed by atoms with van der Waals surface area (Å²) in [5.41, 5.74) is 0.857. The minimum atomic E-state index is -0.128. The van der Waals surface area contributed by atoms with E-state index in [1.807, 2.05) is 6.92 Å². The Labute approximate surface area is 101 Å². The summed E-state index contributed by atoms with van der Waals surface area (Å²) in [7, 11) is 0. The molecule has 4 nitrogen and oxygen atoms in total. The van der Waals surface area contributed by atoms with Gasteiger partial charge in [-0.3, -0.25) is 9.59 Å². The Bertz CT molecular complexity index is 459. The average Bonchev–Trinajstić information content (AvgIpc) is 2.76. The number of aromatic nitrogens is 1. The Morgan fingerprint density at radius 3 is 2.82 bits per heavy atom. The largest absolute Gasteiger partial charge is 0.352 e. The van der Waals surface area contributed by atoms with Crippen molar-refractivity contribution < 1.29 is 4.79 Å². The van der Waals surface area contributed by atoms with Gasteiger partial charge in [-0.2, -0.15) is 0 Å². The van der Waals surface area contributed by atoms with Crippen LogP contribution in [0.15, 0.2) is 23.1 Å². The Hall–Kier alpha value is -1.58. The van der Waals surface area contributed by atoms with Crippen molar-refractivity contribution in [2.45, 2.75) is 45.2 Å². The van der Waals surface area contributed by atoms with Crippen LogP contribution in [0.1, 0.15) is 31.2 Å². The zero-order chi connectivity index (χ0) is 12.3. The lowest BCUT2D eigenvalue weighted by molar-refractivity contribution is -0.122. The van der Waals surface area contributed by atoms with Gasteiger partial charge in [0, 0.05) is 18.3 Å². The number of amides is 1. The molecule has 1 heterocycles. The molecule has 0 bridgehead atoms. The molecule has 1 aromatic rings. The van der Waals surface area contributed by atoms with Crippen LogP contribution in [0.5, 0.6) is 0 Å². The van der Waals surface area contributed by atoms with Gasteiger partial charge in [0.25, 0.3) is 5.56 Å². The number of carbonyl (C=O) groups is 1. The fraction of sp³-hybridized carbons (Fsp3) is 0.538. The molecule has 0 aliphatic heterocycles. The molecular weight excluding hydrogens is 216 g/mol. The van der Waals surface area contributed by atoms with E-state index in [1.165, 1.54) is 23.5 Å². The standard InChI is InChI=1S/C13H18N2O2/c1-10-6-7-13(17)15(8-10)9-12(16)14-11-4-2-3-5-11/h6-8,11H,2-5,9H2,1H3,(H,14,16). The van der Waals surface area contributed by atoms with Gasteiger partial charge in [-0.1, -0.05) is 18.9 Å². The molecule has 1 aliphatic rings. The molecule has 4 heteroatoms. The Morgan fingerprint density at radius 1 is 1.41 bits per heavy atom. The highest BCUT2D eigenvalue weighted by Crippen LogP contribution is 2.17. The number of pyridine rings is 1. The van der Waals surface area contributed by atoms with Crippen LogP contribution in [-0.4, -0.2) is 16.5 Å². The SMILES string of the molecule is Cc1ccc(=O)n(CC(=O)NC2CCCC2)c1. The van der Waals surface area contributed by atoms with Gasteiger partial charge in [0.1, 0.15) is 6.54 Å². The Balaban J connectivity index is 1.97. The van der Waals surface area contributed by atoms with Crippen LogP contribution < -0.4 is 10.9 Å². The summed E-state index contributed by atoms with van der Waals surface area (Å²) in [4.78, 5) is 23.3. The molecule has 0 aromatic carbocycles. The van der Waals surface area contributed by atoms with Gasteiger partial charge in [-0.15, -0.1) is 0 Å². The average molecular weight is 234 g/mol. The first-order valence-electron chi connectivity index (χ1n) is 6.11. The second-order valence-corrected chi connectivity index (χ2v) is 4.72. The van der Waals surface area contributed by atoms with E-state index < -0.39 is 0 Å². The normalized spacial score (nSPS) is 16.1. The lowest BCUT2D eigenvalue weighted by atomic mass is 10.2. The van der Waals surface area contributed by atoms with E-state index in [0.717, 1.165) is 18.4 Å². The van der Waals surface area contributed by atoms with Crippen LogP contribution in [0, 0.1) is 6.92 Å². The highest BCUT2D eigenvalue weighted by Gasteiger charge is 2.17. The highest BCUT2D eigenvalue weighted by atomic mass is 16.2. The Morgan fingerprint density at radius 2 is 2.12 bits per heavy atom. The van der Waals surface area contributed by atoms with Gasteiger partial charge in [0.05, 0.1) is 0 Å². The van der Waals surface area contributed by atoms with E-state index in [9.17, 15) is 9.59 Å². The van der Waals surface area contributed by atoms with Crippen molar-refractivity contribution in [1.82, 2.24) is 9.88 Å². The topological polar surface area (TPSA) is 51.1 Å². The molecule has 92 valence electrons. The maximum absolute atomic E-state index is 11.8. The summed E-state index contributed by atoms with van der Waals surface area (Å²) in [6.07, 6.45) is 6.23. The van der Waals surface area contributed by atoms with Gasteiger partial charge in [-0.05, 0) is 25.3 Å². The molecule has 0 saturated heterocycles. The van der Waals surface area contributed by atoms with Crippen LogP contribution in [0.3, 0.4) is 0 Å². The van der Waals surface area contributed by atoms with Crippen molar-refractivity contribution in [3.05, 3.63) is 34.2 Å². The van der Waals surface area contributed by atoms with E-state index in [1.54, 1.807) is 12.3 Å². The van der Waals surface area contributed by atoms with Crippen LogP contribution in [0.25, 0.3) is 0 Å². The van der Waals surface area contributed by atoms with Crippen molar-refractivity contribution in [3.8, 4) is 0 Å². The van der Waals surface area contributed by atoms with E-state index in [4.69, 9.17) is 0 Å². The second-order valence-electron chi connectivity index (χ2n) is 4.72. The molecule has 1 aliphatic carbocycles. The summed E-state index contributed by atoms with van der Waals surface area (Å²) < 4.78 is 1.46. The molecule has 0 atom stereocenters. The van der Waals surface area contributed by atoms with Gasteiger partial charge < -0.3 is 9.88 Å². The number of hydrogen-bond acceptors (Lipinski definition) is 2. The first-order chi connectivity index (χ1) is 8.15. The second kappa shape index (κ2) is 5.17. The van der Waals surface area contributed by atoms with Crippen molar-refractivity contribution in [1.29, 1.82) is 0 Å². The fourth-order valence-electron chi connectivity index (χ4n) is 2.27. The summed E-state index contributed by atoms with van der Waals surface area (Å²) >= 11 is 0. The van der Waals surface area contributed by atoms with Gasteiger partial charge in [0.2, 0.25) is 5.91 Å². The zero-order valence-electron chi connectivity index (χ0n) is 10.1. The highest BCUT2D eigenvalue weighted by molar-refractivity contribution is 5.76. The predicted molar refractivity (Wildman–Crippen MR) is 65.8 cm³/mol. The Kier molecular flexibility index (Phi) is 3.61. The molecule has 1 N–H and O–H groups in total. The predicted octanol–water partition coefficient (Wildman–Crippen LogP) is 1.22. The number of rotatable bonds is 3. The smallest absolute Gasteiger partial charge is 0.251 e. The van der Waals surface area contributed by atoms with E-state index in [-0.39, 0.29) is 18.0 Å². The molecular formula is C13H18N2O2. The number of hydrogen-bond donors (Lipinski definition) is 1. The van der Waals surface area contributed by atoms with E-state index >= 15 is 0 Å². The van der Waals surface area contributed by atoms with Crippen LogP contribution in [0.2, 0.25) is 0 Å². The minimum absolute atomic E-state index is 0.0652. The molecule has 0 unspecified atom stereocenters.